The number of carbonyl (C=O) groups excluding carboxylic acids is 1. The highest BCUT2D eigenvalue weighted by Gasteiger charge is 2.14. The summed E-state index contributed by atoms with van der Waals surface area (Å²) in [4.78, 5) is 18.2. The minimum atomic E-state index is 0.0312. The largest absolute Gasteiger partial charge is 0.339 e. The number of hydrogen-bond donors (Lipinski definition) is 0. The van der Waals surface area contributed by atoms with E-state index >= 15 is 0 Å². The number of aryl methyl sites for hydroxylation is 1. The monoisotopic (exact) mass is 265 g/mol. The van der Waals surface area contributed by atoms with Gasteiger partial charge in [-0.2, -0.15) is 0 Å². The molecule has 2 rings (SSSR count). The highest BCUT2D eigenvalue weighted by molar-refractivity contribution is 6.29. The summed E-state index contributed by atoms with van der Waals surface area (Å²) < 4.78 is 1.79. The molecule has 0 aliphatic heterocycles. The van der Waals surface area contributed by atoms with Crippen LogP contribution in [0.2, 0.25) is 5.28 Å². The Labute approximate surface area is 111 Å². The lowest BCUT2D eigenvalue weighted by Gasteiger charge is -2.18. The lowest BCUT2D eigenvalue weighted by Crippen LogP contribution is -2.30. The first-order valence-corrected chi connectivity index (χ1v) is 6.37. The van der Waals surface area contributed by atoms with Crippen LogP contribution in [0.25, 0.3) is 11.0 Å². The molecule has 0 radical (unpaired) electrons. The van der Waals surface area contributed by atoms with Crippen LogP contribution >= 0.6 is 11.6 Å². The fraction of sp³-hybridized carbons (Fsp3) is 0.385. The summed E-state index contributed by atoms with van der Waals surface area (Å²) in [6.45, 7) is 5.35. The summed E-state index contributed by atoms with van der Waals surface area (Å²) in [7, 11) is 1.85. The van der Waals surface area contributed by atoms with Crippen LogP contribution in [0.5, 0.6) is 0 Å². The normalized spacial score (nSPS) is 10.9. The Hall–Kier alpha value is -1.55. The van der Waals surface area contributed by atoms with Crippen LogP contribution in [0.1, 0.15) is 24.2 Å². The molecule has 1 amide bonds. The zero-order valence-corrected chi connectivity index (χ0v) is 11.5. The highest BCUT2D eigenvalue weighted by atomic mass is 35.5. The molecule has 1 aromatic heterocycles. The first-order valence-electron chi connectivity index (χ1n) is 5.99. The lowest BCUT2D eigenvalue weighted by atomic mass is 10.1. The van der Waals surface area contributed by atoms with Crippen molar-refractivity contribution in [1.29, 1.82) is 0 Å². The second kappa shape index (κ2) is 4.98. The molecule has 5 heteroatoms. The third kappa shape index (κ3) is 2.08. The SMILES string of the molecule is CCN(CC)C(=O)c1ccc2c(c1)nc(Cl)n2C. The second-order valence-corrected chi connectivity index (χ2v) is 4.46. The lowest BCUT2D eigenvalue weighted by molar-refractivity contribution is 0.0773. The molecule has 0 aliphatic rings. The Morgan fingerprint density at radius 3 is 2.67 bits per heavy atom. The van der Waals surface area contributed by atoms with E-state index in [2.05, 4.69) is 4.98 Å². The van der Waals surface area contributed by atoms with E-state index in [1.807, 2.05) is 33.0 Å². The van der Waals surface area contributed by atoms with Gasteiger partial charge in [0.2, 0.25) is 5.28 Å². The van der Waals surface area contributed by atoms with Crippen molar-refractivity contribution in [2.75, 3.05) is 13.1 Å². The summed E-state index contributed by atoms with van der Waals surface area (Å²) in [5.41, 5.74) is 2.33. The maximum Gasteiger partial charge on any atom is 0.253 e. The van der Waals surface area contributed by atoms with Crippen LogP contribution in [0.4, 0.5) is 0 Å². The molecule has 1 heterocycles. The third-order valence-electron chi connectivity index (χ3n) is 3.12. The van der Waals surface area contributed by atoms with Gasteiger partial charge < -0.3 is 9.47 Å². The van der Waals surface area contributed by atoms with Gasteiger partial charge in [-0.3, -0.25) is 4.79 Å². The Bertz CT molecular complexity index is 587. The Balaban J connectivity index is 2.44. The molecule has 0 fully saturated rings. The molecule has 0 bridgehead atoms. The van der Waals surface area contributed by atoms with Gasteiger partial charge in [0.1, 0.15) is 0 Å². The van der Waals surface area contributed by atoms with E-state index in [0.29, 0.717) is 23.9 Å². The standard InChI is InChI=1S/C13H16ClN3O/c1-4-17(5-2)12(18)9-6-7-11-10(8-9)15-13(14)16(11)3/h6-8H,4-5H2,1-3H3. The second-order valence-electron chi connectivity index (χ2n) is 4.12. The van der Waals surface area contributed by atoms with Crippen molar-refractivity contribution in [3.8, 4) is 0 Å². The topological polar surface area (TPSA) is 38.1 Å². The summed E-state index contributed by atoms with van der Waals surface area (Å²) in [5.74, 6) is 0.0312. The van der Waals surface area contributed by atoms with Crippen LogP contribution in [-0.4, -0.2) is 33.4 Å². The molecule has 0 atom stereocenters. The van der Waals surface area contributed by atoms with Gasteiger partial charge in [0.25, 0.3) is 5.91 Å². The minimum Gasteiger partial charge on any atom is -0.339 e. The highest BCUT2D eigenvalue weighted by Crippen LogP contribution is 2.20. The van der Waals surface area contributed by atoms with Gasteiger partial charge in [0.15, 0.2) is 0 Å². The fourth-order valence-corrected chi connectivity index (χ4v) is 2.18. The van der Waals surface area contributed by atoms with Crippen molar-refractivity contribution in [1.82, 2.24) is 14.5 Å². The molecule has 0 unspecified atom stereocenters. The third-order valence-corrected chi connectivity index (χ3v) is 3.46. The number of benzene rings is 1. The maximum absolute atomic E-state index is 12.2. The Morgan fingerprint density at radius 1 is 1.39 bits per heavy atom. The fourth-order valence-electron chi connectivity index (χ4n) is 2.00. The molecule has 4 nitrogen and oxygen atoms in total. The Morgan fingerprint density at radius 2 is 2.06 bits per heavy atom. The van der Waals surface area contributed by atoms with Crippen LogP contribution < -0.4 is 0 Å². The predicted molar refractivity (Wildman–Crippen MR) is 73.0 cm³/mol. The first kappa shape index (κ1) is 12.9. The molecule has 1 aromatic carbocycles. The van der Waals surface area contributed by atoms with Gasteiger partial charge >= 0.3 is 0 Å². The van der Waals surface area contributed by atoms with Gasteiger partial charge in [-0.25, -0.2) is 4.98 Å². The van der Waals surface area contributed by atoms with Gasteiger partial charge in [-0.15, -0.1) is 0 Å². The zero-order chi connectivity index (χ0) is 13.3. The van der Waals surface area contributed by atoms with E-state index in [9.17, 15) is 4.79 Å². The van der Waals surface area contributed by atoms with Crippen LogP contribution in [0, 0.1) is 0 Å². The molecular formula is C13H16ClN3O. The van der Waals surface area contributed by atoms with E-state index in [1.165, 1.54) is 0 Å². The predicted octanol–water partition coefficient (Wildman–Crippen LogP) is 2.71. The van der Waals surface area contributed by atoms with Gasteiger partial charge in [0, 0.05) is 25.7 Å². The average Bonchev–Trinajstić information content (AvgIpc) is 2.66. The van der Waals surface area contributed by atoms with Crippen molar-refractivity contribution in [3.63, 3.8) is 0 Å². The van der Waals surface area contributed by atoms with E-state index in [-0.39, 0.29) is 5.91 Å². The number of fused-ring (bicyclic) bond motifs is 1. The van der Waals surface area contributed by atoms with E-state index in [0.717, 1.165) is 11.0 Å². The number of halogens is 1. The molecule has 2 aromatic rings. The quantitative estimate of drug-likeness (QED) is 0.856. The number of nitrogens with zero attached hydrogens (tertiary/aromatic N) is 3. The molecule has 18 heavy (non-hydrogen) atoms. The number of hydrogen-bond acceptors (Lipinski definition) is 2. The van der Waals surface area contributed by atoms with E-state index < -0.39 is 0 Å². The summed E-state index contributed by atoms with van der Waals surface area (Å²) in [6, 6.07) is 5.49. The Kier molecular flexibility index (Phi) is 3.57. The molecule has 0 aliphatic carbocycles. The number of aromatic nitrogens is 2. The van der Waals surface area contributed by atoms with Crippen molar-refractivity contribution in [2.45, 2.75) is 13.8 Å². The van der Waals surface area contributed by atoms with E-state index in [1.54, 1.807) is 15.5 Å². The van der Waals surface area contributed by atoms with Crippen molar-refractivity contribution in [3.05, 3.63) is 29.0 Å². The van der Waals surface area contributed by atoms with Gasteiger partial charge in [0.05, 0.1) is 11.0 Å². The molecule has 0 saturated carbocycles. The summed E-state index contributed by atoms with van der Waals surface area (Å²) in [6.07, 6.45) is 0. The maximum atomic E-state index is 12.2. The van der Waals surface area contributed by atoms with Crippen molar-refractivity contribution >= 4 is 28.5 Å². The molecular weight excluding hydrogens is 250 g/mol. The van der Waals surface area contributed by atoms with E-state index in [4.69, 9.17) is 11.6 Å². The molecule has 0 saturated heterocycles. The average molecular weight is 266 g/mol. The molecule has 0 spiro atoms. The number of imidazole rings is 1. The van der Waals surface area contributed by atoms with Crippen LogP contribution in [0.3, 0.4) is 0 Å². The van der Waals surface area contributed by atoms with Crippen molar-refractivity contribution in [2.24, 2.45) is 7.05 Å². The van der Waals surface area contributed by atoms with Gasteiger partial charge in [-0.05, 0) is 43.6 Å². The van der Waals surface area contributed by atoms with Crippen LogP contribution in [-0.2, 0) is 7.05 Å². The van der Waals surface area contributed by atoms with Crippen LogP contribution in [0.15, 0.2) is 18.2 Å². The smallest absolute Gasteiger partial charge is 0.253 e. The van der Waals surface area contributed by atoms with Gasteiger partial charge in [-0.1, -0.05) is 0 Å². The minimum absolute atomic E-state index is 0.0312. The number of amides is 1. The first-order chi connectivity index (χ1) is 8.58. The summed E-state index contributed by atoms with van der Waals surface area (Å²) >= 11 is 5.96. The number of rotatable bonds is 3. The molecule has 0 N–H and O–H groups in total. The number of carbonyl (C=O) groups is 1. The summed E-state index contributed by atoms with van der Waals surface area (Å²) in [5, 5.41) is 0.428. The van der Waals surface area contributed by atoms with Crippen molar-refractivity contribution < 1.29 is 4.79 Å². The molecule has 96 valence electrons. The zero-order valence-electron chi connectivity index (χ0n) is 10.8.